The molecule has 0 saturated heterocycles. The van der Waals surface area contributed by atoms with Crippen molar-refractivity contribution in [3.05, 3.63) is 58.9 Å². The minimum absolute atomic E-state index is 0.406. The topological polar surface area (TPSA) is 50.3 Å². The Balaban J connectivity index is 1.64. The Morgan fingerprint density at radius 1 is 1.26 bits per heavy atom. The second kappa shape index (κ2) is 6.03. The monoisotopic (exact) mass is 307 g/mol. The standard InChI is InChI=1S/C19H21N3O/c1-23-22-18(14-8-5-9-14)19-16-11-10-15(12-17(16)20-21-19)13-6-3-2-4-7-13/h2-4,6-7,10-11,14-15H,5,8-9,12H2,1H3,(H,20,21)/b22-18+. The lowest BCUT2D eigenvalue weighted by Crippen LogP contribution is -2.24. The lowest BCUT2D eigenvalue weighted by molar-refractivity contribution is 0.208. The van der Waals surface area contributed by atoms with Gasteiger partial charge in [-0.05, 0) is 18.4 Å². The summed E-state index contributed by atoms with van der Waals surface area (Å²) in [6, 6.07) is 10.6. The largest absolute Gasteiger partial charge is 0.399 e. The molecule has 2 aliphatic rings. The van der Waals surface area contributed by atoms with Crippen LogP contribution in [-0.4, -0.2) is 23.0 Å². The molecule has 1 saturated carbocycles. The number of hydrogen-bond acceptors (Lipinski definition) is 3. The molecule has 0 spiro atoms. The summed E-state index contributed by atoms with van der Waals surface area (Å²) < 4.78 is 0. The maximum Gasteiger partial charge on any atom is 0.117 e. The Hall–Kier alpha value is -2.36. The lowest BCUT2D eigenvalue weighted by Gasteiger charge is -2.26. The van der Waals surface area contributed by atoms with E-state index < -0.39 is 0 Å². The zero-order valence-corrected chi connectivity index (χ0v) is 13.3. The van der Waals surface area contributed by atoms with Crippen molar-refractivity contribution < 1.29 is 4.84 Å². The van der Waals surface area contributed by atoms with Crippen LogP contribution in [0.4, 0.5) is 0 Å². The molecule has 118 valence electrons. The second-order valence-electron chi connectivity index (χ2n) is 6.33. The summed E-state index contributed by atoms with van der Waals surface area (Å²) in [7, 11) is 1.61. The number of hydrogen-bond donors (Lipinski definition) is 1. The molecule has 23 heavy (non-hydrogen) atoms. The van der Waals surface area contributed by atoms with E-state index in [9.17, 15) is 0 Å². The van der Waals surface area contributed by atoms with E-state index in [0.717, 1.165) is 17.8 Å². The number of nitrogens with one attached hydrogen (secondary N) is 1. The second-order valence-corrected chi connectivity index (χ2v) is 6.33. The van der Waals surface area contributed by atoms with Crippen LogP contribution in [0.3, 0.4) is 0 Å². The summed E-state index contributed by atoms with van der Waals surface area (Å²) in [5.41, 5.74) is 5.68. The maximum atomic E-state index is 5.08. The molecule has 2 aliphatic carbocycles. The Labute approximate surface area is 136 Å². The minimum Gasteiger partial charge on any atom is -0.399 e. The molecule has 4 nitrogen and oxygen atoms in total. The van der Waals surface area contributed by atoms with E-state index in [2.05, 4.69) is 57.8 Å². The number of aromatic amines is 1. The highest BCUT2D eigenvalue weighted by atomic mass is 16.6. The van der Waals surface area contributed by atoms with Gasteiger partial charge in [0, 0.05) is 29.5 Å². The normalized spacial score (nSPS) is 20.9. The molecule has 1 aromatic heterocycles. The van der Waals surface area contributed by atoms with Crippen LogP contribution >= 0.6 is 0 Å². The van der Waals surface area contributed by atoms with Gasteiger partial charge < -0.3 is 4.84 Å². The van der Waals surface area contributed by atoms with Gasteiger partial charge in [-0.2, -0.15) is 5.10 Å². The first kappa shape index (κ1) is 14.2. The number of aromatic nitrogens is 2. The van der Waals surface area contributed by atoms with Crippen molar-refractivity contribution in [2.24, 2.45) is 11.1 Å². The SMILES string of the molecule is CO/N=C(/c1n[nH]c2c1C=CC(c1ccccc1)C2)C1CCC1. The van der Waals surface area contributed by atoms with Gasteiger partial charge in [0.2, 0.25) is 0 Å². The van der Waals surface area contributed by atoms with Gasteiger partial charge in [-0.3, -0.25) is 5.10 Å². The molecule has 1 unspecified atom stereocenters. The molecule has 0 aliphatic heterocycles. The molecule has 2 aromatic rings. The molecule has 0 amide bonds. The van der Waals surface area contributed by atoms with Crippen LogP contribution in [0.2, 0.25) is 0 Å². The maximum absolute atomic E-state index is 5.08. The fraction of sp³-hybridized carbons (Fsp3) is 0.368. The van der Waals surface area contributed by atoms with Gasteiger partial charge in [0.1, 0.15) is 18.5 Å². The van der Waals surface area contributed by atoms with Crippen LogP contribution in [0.25, 0.3) is 6.08 Å². The highest BCUT2D eigenvalue weighted by Gasteiger charge is 2.30. The van der Waals surface area contributed by atoms with Gasteiger partial charge >= 0.3 is 0 Å². The number of benzene rings is 1. The molecule has 4 rings (SSSR count). The number of H-pyrrole nitrogens is 1. The molecule has 1 aromatic carbocycles. The van der Waals surface area contributed by atoms with Crippen molar-refractivity contribution in [3.8, 4) is 0 Å². The number of allylic oxidation sites excluding steroid dienone is 1. The first-order valence-electron chi connectivity index (χ1n) is 8.28. The fourth-order valence-electron chi connectivity index (χ4n) is 3.44. The van der Waals surface area contributed by atoms with Gasteiger partial charge in [-0.25, -0.2) is 0 Å². The molecule has 1 fully saturated rings. The van der Waals surface area contributed by atoms with E-state index >= 15 is 0 Å². The predicted molar refractivity (Wildman–Crippen MR) is 91.4 cm³/mol. The molecule has 1 N–H and O–H groups in total. The quantitative estimate of drug-likeness (QED) is 0.687. The zero-order chi connectivity index (χ0) is 15.6. The molecule has 1 atom stereocenters. The summed E-state index contributed by atoms with van der Waals surface area (Å²) >= 11 is 0. The van der Waals surface area contributed by atoms with Crippen LogP contribution in [0.15, 0.2) is 41.6 Å². The Kier molecular flexibility index (Phi) is 3.74. The minimum atomic E-state index is 0.406. The Morgan fingerprint density at radius 3 is 2.78 bits per heavy atom. The van der Waals surface area contributed by atoms with E-state index in [4.69, 9.17) is 4.84 Å². The van der Waals surface area contributed by atoms with E-state index in [-0.39, 0.29) is 0 Å². The zero-order valence-electron chi connectivity index (χ0n) is 13.3. The predicted octanol–water partition coefficient (Wildman–Crippen LogP) is 3.91. The van der Waals surface area contributed by atoms with Crippen LogP contribution in [0.5, 0.6) is 0 Å². The van der Waals surface area contributed by atoms with Crippen molar-refractivity contribution in [3.63, 3.8) is 0 Å². The van der Waals surface area contributed by atoms with Crippen LogP contribution in [0, 0.1) is 5.92 Å². The van der Waals surface area contributed by atoms with Crippen molar-refractivity contribution in [1.82, 2.24) is 10.2 Å². The highest BCUT2D eigenvalue weighted by molar-refractivity contribution is 6.03. The molecular weight excluding hydrogens is 286 g/mol. The van der Waals surface area contributed by atoms with Gasteiger partial charge in [-0.1, -0.05) is 54.1 Å². The van der Waals surface area contributed by atoms with E-state index in [1.807, 2.05) is 0 Å². The van der Waals surface area contributed by atoms with Crippen molar-refractivity contribution >= 4 is 11.8 Å². The van der Waals surface area contributed by atoms with E-state index in [1.54, 1.807) is 7.11 Å². The fourth-order valence-corrected chi connectivity index (χ4v) is 3.44. The molecule has 4 heteroatoms. The number of oxime groups is 1. The number of rotatable bonds is 4. The summed E-state index contributed by atoms with van der Waals surface area (Å²) in [5, 5.41) is 12.1. The smallest absolute Gasteiger partial charge is 0.117 e. The molecular formula is C19H21N3O. The molecule has 1 heterocycles. The first-order chi connectivity index (χ1) is 11.4. The van der Waals surface area contributed by atoms with Crippen molar-refractivity contribution in [2.75, 3.05) is 7.11 Å². The third-order valence-electron chi connectivity index (χ3n) is 4.95. The van der Waals surface area contributed by atoms with Crippen molar-refractivity contribution in [1.29, 1.82) is 0 Å². The Bertz CT molecular complexity index is 741. The number of nitrogens with zero attached hydrogens (tertiary/aromatic N) is 2. The summed E-state index contributed by atoms with van der Waals surface area (Å²) in [6.45, 7) is 0. The van der Waals surface area contributed by atoms with Gasteiger partial charge in [0.15, 0.2) is 0 Å². The Morgan fingerprint density at radius 2 is 2.09 bits per heavy atom. The third-order valence-corrected chi connectivity index (χ3v) is 4.95. The summed E-state index contributed by atoms with van der Waals surface area (Å²) in [6.07, 6.45) is 9.06. The summed E-state index contributed by atoms with van der Waals surface area (Å²) in [5.74, 6) is 0.895. The highest BCUT2D eigenvalue weighted by Crippen LogP contribution is 2.35. The van der Waals surface area contributed by atoms with Crippen LogP contribution in [-0.2, 0) is 11.3 Å². The first-order valence-corrected chi connectivity index (χ1v) is 8.28. The van der Waals surface area contributed by atoms with Crippen molar-refractivity contribution in [2.45, 2.75) is 31.6 Å². The van der Waals surface area contributed by atoms with Crippen LogP contribution in [0.1, 0.15) is 47.7 Å². The van der Waals surface area contributed by atoms with Crippen LogP contribution < -0.4 is 0 Å². The van der Waals surface area contributed by atoms with E-state index in [0.29, 0.717) is 11.8 Å². The average Bonchev–Trinajstić information content (AvgIpc) is 2.96. The van der Waals surface area contributed by atoms with Gasteiger partial charge in [0.05, 0.1) is 0 Å². The van der Waals surface area contributed by atoms with Gasteiger partial charge in [0.25, 0.3) is 0 Å². The van der Waals surface area contributed by atoms with Gasteiger partial charge in [-0.15, -0.1) is 0 Å². The average molecular weight is 307 g/mol. The lowest BCUT2D eigenvalue weighted by atomic mass is 9.79. The number of fused-ring (bicyclic) bond motifs is 1. The third kappa shape index (κ3) is 2.58. The molecule has 0 bridgehead atoms. The summed E-state index contributed by atoms with van der Waals surface area (Å²) in [4.78, 5) is 5.08. The van der Waals surface area contributed by atoms with E-state index in [1.165, 1.54) is 36.1 Å². The molecule has 0 radical (unpaired) electrons.